The average Bonchev–Trinajstić information content (AvgIpc) is 2.46. The second-order valence-corrected chi connectivity index (χ2v) is 6.93. The largest absolute Gasteiger partial charge is 0.539 e. The molecule has 1 aliphatic heterocycles. The van der Waals surface area contributed by atoms with Gasteiger partial charge in [-0.25, -0.2) is 4.84 Å². The molecule has 0 saturated carbocycles. The van der Waals surface area contributed by atoms with Gasteiger partial charge in [0.25, 0.3) is 0 Å². The van der Waals surface area contributed by atoms with E-state index >= 15 is 0 Å². The predicted molar refractivity (Wildman–Crippen MR) is 85.2 cm³/mol. The molecule has 8 heteroatoms. The number of carbonyl (C=O) groups is 1. The zero-order chi connectivity index (χ0) is 18.7. The van der Waals surface area contributed by atoms with Crippen molar-refractivity contribution in [3.05, 3.63) is 35.9 Å². The Morgan fingerprint density at radius 1 is 1.16 bits per heavy atom. The van der Waals surface area contributed by atoms with Crippen LogP contribution in [0.3, 0.4) is 0 Å². The van der Waals surface area contributed by atoms with Crippen molar-refractivity contribution < 1.29 is 27.5 Å². The van der Waals surface area contributed by atoms with Crippen molar-refractivity contribution in [2.45, 2.75) is 45.3 Å². The van der Waals surface area contributed by atoms with Gasteiger partial charge in [-0.15, -0.1) is 13.2 Å². The molecule has 140 valence electrons. The first-order chi connectivity index (χ1) is 11.5. The molecule has 5 nitrogen and oxygen atoms in total. The molecule has 0 N–H and O–H groups in total. The van der Waals surface area contributed by atoms with Gasteiger partial charge in [0.2, 0.25) is 0 Å². The number of piperazine rings is 1. The maximum absolute atomic E-state index is 12.5. The Kier molecular flexibility index (Phi) is 6.08. The van der Waals surface area contributed by atoms with Crippen LogP contribution in [0.5, 0.6) is 0 Å². The van der Waals surface area contributed by atoms with E-state index in [9.17, 15) is 18.0 Å². The van der Waals surface area contributed by atoms with Gasteiger partial charge in [0.15, 0.2) is 0 Å². The van der Waals surface area contributed by atoms with Crippen LogP contribution < -0.4 is 0 Å². The first-order valence-corrected chi connectivity index (χ1v) is 8.05. The van der Waals surface area contributed by atoms with E-state index in [1.807, 2.05) is 35.2 Å². The molecule has 0 aromatic heterocycles. The van der Waals surface area contributed by atoms with Gasteiger partial charge in [-0.1, -0.05) is 30.3 Å². The van der Waals surface area contributed by atoms with E-state index in [0.29, 0.717) is 6.54 Å². The topological polar surface area (TPSA) is 42.0 Å². The van der Waals surface area contributed by atoms with Crippen LogP contribution in [0.15, 0.2) is 30.3 Å². The number of hydrogen-bond acceptors (Lipinski definition) is 5. The smallest absolute Gasteiger partial charge is 0.459 e. The third kappa shape index (κ3) is 6.64. The second kappa shape index (κ2) is 7.72. The van der Waals surface area contributed by atoms with Crippen LogP contribution >= 0.6 is 0 Å². The Labute approximate surface area is 145 Å². The number of nitrogens with zero attached hydrogens (tertiary/aromatic N) is 2. The molecule has 0 spiro atoms. The molecular weight excluding hydrogens is 337 g/mol. The van der Waals surface area contributed by atoms with Crippen LogP contribution in [0.2, 0.25) is 0 Å². The number of halogens is 3. The molecule has 1 aromatic carbocycles. The summed E-state index contributed by atoms with van der Waals surface area (Å²) in [5.41, 5.74) is 0.254. The lowest BCUT2D eigenvalue weighted by molar-refractivity contribution is -0.419. The highest BCUT2D eigenvalue weighted by Crippen LogP contribution is 2.23. The molecule has 0 bridgehead atoms. The minimum Gasteiger partial charge on any atom is -0.459 e. The summed E-state index contributed by atoms with van der Waals surface area (Å²) >= 11 is 0. The van der Waals surface area contributed by atoms with Crippen LogP contribution in [0.4, 0.5) is 13.2 Å². The van der Waals surface area contributed by atoms with Crippen molar-refractivity contribution in [1.29, 1.82) is 0 Å². The first-order valence-electron chi connectivity index (χ1n) is 8.05. The fourth-order valence-electron chi connectivity index (χ4n) is 2.63. The number of ether oxygens (including phenoxy) is 1. The van der Waals surface area contributed by atoms with Gasteiger partial charge in [0.05, 0.1) is 6.54 Å². The highest BCUT2D eigenvalue weighted by molar-refractivity contribution is 5.76. The van der Waals surface area contributed by atoms with E-state index in [4.69, 9.17) is 4.74 Å². The first kappa shape index (κ1) is 19.7. The van der Waals surface area contributed by atoms with Crippen LogP contribution in [-0.2, 0) is 20.9 Å². The molecule has 2 rings (SSSR count). The molecule has 1 atom stereocenters. The lowest BCUT2D eigenvalue weighted by Gasteiger charge is -2.40. The van der Waals surface area contributed by atoms with Crippen molar-refractivity contribution in [3.63, 3.8) is 0 Å². The number of hydroxylamine groups is 2. The third-order valence-corrected chi connectivity index (χ3v) is 3.59. The zero-order valence-corrected chi connectivity index (χ0v) is 14.5. The van der Waals surface area contributed by atoms with Gasteiger partial charge in [-0.3, -0.25) is 9.69 Å². The number of alkyl halides is 3. The monoisotopic (exact) mass is 360 g/mol. The Hall–Kier alpha value is -1.64. The number of hydrogen-bond donors (Lipinski definition) is 0. The molecule has 1 aliphatic rings. The van der Waals surface area contributed by atoms with E-state index in [0.717, 1.165) is 10.6 Å². The van der Waals surface area contributed by atoms with Crippen molar-refractivity contribution in [2.24, 2.45) is 0 Å². The zero-order valence-electron chi connectivity index (χ0n) is 14.5. The summed E-state index contributed by atoms with van der Waals surface area (Å²) in [7, 11) is 0. The average molecular weight is 360 g/mol. The molecule has 1 aromatic rings. The molecular formula is C17H23F3N2O3. The van der Waals surface area contributed by atoms with Gasteiger partial charge in [-0.2, -0.15) is 5.06 Å². The normalized spacial score (nSPS) is 20.5. The van der Waals surface area contributed by atoms with Crippen LogP contribution in [0.25, 0.3) is 0 Å². The van der Waals surface area contributed by atoms with Crippen LogP contribution in [0.1, 0.15) is 26.3 Å². The van der Waals surface area contributed by atoms with E-state index < -0.39 is 24.0 Å². The fourth-order valence-corrected chi connectivity index (χ4v) is 2.63. The van der Waals surface area contributed by atoms with Gasteiger partial charge < -0.3 is 4.74 Å². The standard InChI is InChI=1S/C17H23F3N2O3/c1-16(2,3)24-15(23)14-12-22(25-17(18,19)20)10-9-21(14)11-13-7-5-4-6-8-13/h4-8,14H,9-12H2,1-3H3. The molecule has 0 amide bonds. The van der Waals surface area contributed by atoms with Gasteiger partial charge in [0.1, 0.15) is 11.6 Å². The van der Waals surface area contributed by atoms with Crippen molar-refractivity contribution in [2.75, 3.05) is 19.6 Å². The summed E-state index contributed by atoms with van der Waals surface area (Å²) < 4.78 is 42.8. The molecule has 1 saturated heterocycles. The highest BCUT2D eigenvalue weighted by Gasteiger charge is 2.40. The van der Waals surface area contributed by atoms with Gasteiger partial charge >= 0.3 is 12.3 Å². The Morgan fingerprint density at radius 2 is 1.80 bits per heavy atom. The Bertz CT molecular complexity index is 573. The summed E-state index contributed by atoms with van der Waals surface area (Å²) in [5, 5.41) is 0.774. The summed E-state index contributed by atoms with van der Waals surface area (Å²) in [4.78, 5) is 18.3. The van der Waals surface area contributed by atoms with E-state index in [-0.39, 0.29) is 19.6 Å². The molecule has 25 heavy (non-hydrogen) atoms. The lowest BCUT2D eigenvalue weighted by Crippen LogP contribution is -2.57. The quantitative estimate of drug-likeness (QED) is 0.773. The molecule has 0 aliphatic carbocycles. The predicted octanol–water partition coefficient (Wildman–Crippen LogP) is 2.97. The fraction of sp³-hybridized carbons (Fsp3) is 0.588. The number of benzene rings is 1. The number of rotatable bonds is 4. The Morgan fingerprint density at radius 3 is 2.36 bits per heavy atom. The highest BCUT2D eigenvalue weighted by atomic mass is 19.4. The molecule has 0 radical (unpaired) electrons. The van der Waals surface area contributed by atoms with E-state index in [2.05, 4.69) is 4.84 Å². The number of esters is 1. The van der Waals surface area contributed by atoms with Gasteiger partial charge in [0, 0.05) is 19.6 Å². The SMILES string of the molecule is CC(C)(C)OC(=O)C1CN(OC(F)(F)F)CCN1Cc1ccccc1. The van der Waals surface area contributed by atoms with Crippen LogP contribution in [-0.4, -0.2) is 53.6 Å². The van der Waals surface area contributed by atoms with E-state index in [1.54, 1.807) is 20.8 Å². The Balaban J connectivity index is 2.12. The van der Waals surface area contributed by atoms with E-state index in [1.165, 1.54) is 0 Å². The summed E-state index contributed by atoms with van der Waals surface area (Å²) in [6.45, 7) is 5.71. The van der Waals surface area contributed by atoms with Crippen molar-refractivity contribution >= 4 is 5.97 Å². The minimum atomic E-state index is -4.78. The van der Waals surface area contributed by atoms with Crippen molar-refractivity contribution in [1.82, 2.24) is 9.96 Å². The second-order valence-electron chi connectivity index (χ2n) is 6.93. The number of carbonyl (C=O) groups excluding carboxylic acids is 1. The van der Waals surface area contributed by atoms with Crippen LogP contribution in [0, 0.1) is 0 Å². The van der Waals surface area contributed by atoms with Crippen molar-refractivity contribution in [3.8, 4) is 0 Å². The summed E-state index contributed by atoms with van der Waals surface area (Å²) in [6, 6.07) is 8.61. The molecule has 1 heterocycles. The maximum atomic E-state index is 12.5. The lowest BCUT2D eigenvalue weighted by atomic mass is 10.1. The summed E-state index contributed by atoms with van der Waals surface area (Å²) in [6.07, 6.45) is -4.78. The van der Waals surface area contributed by atoms with Gasteiger partial charge in [-0.05, 0) is 26.3 Å². The third-order valence-electron chi connectivity index (χ3n) is 3.59. The molecule has 1 unspecified atom stereocenters. The minimum absolute atomic E-state index is 0.0473. The molecule has 1 fully saturated rings. The maximum Gasteiger partial charge on any atom is 0.539 e. The summed E-state index contributed by atoms with van der Waals surface area (Å²) in [5.74, 6) is -0.557.